The van der Waals surface area contributed by atoms with Crippen molar-refractivity contribution >= 4 is 27.3 Å². The van der Waals surface area contributed by atoms with Gasteiger partial charge in [0.2, 0.25) is 0 Å². The molecule has 1 heterocycles. The van der Waals surface area contributed by atoms with Crippen LogP contribution in [0, 0.1) is 13.8 Å². The van der Waals surface area contributed by atoms with E-state index in [-0.39, 0.29) is 6.04 Å². The summed E-state index contributed by atoms with van der Waals surface area (Å²) in [5.74, 6) is 0. The standard InChI is InChI=1S/C15H19BrN2S/c1-5-13-10(3)19-15(18-13)14(17-4)11-7-6-9(2)8-12(11)16/h6-8,14,17H,5H2,1-4H3. The average molecular weight is 339 g/mol. The third kappa shape index (κ3) is 3.07. The number of nitrogens with one attached hydrogen (secondary N) is 1. The first-order valence-electron chi connectivity index (χ1n) is 6.46. The second-order valence-electron chi connectivity index (χ2n) is 4.66. The molecule has 0 saturated carbocycles. The van der Waals surface area contributed by atoms with Gasteiger partial charge >= 0.3 is 0 Å². The average Bonchev–Trinajstić information content (AvgIpc) is 2.74. The molecule has 2 aromatic rings. The second kappa shape index (κ2) is 6.16. The third-order valence-electron chi connectivity index (χ3n) is 3.25. The number of hydrogen-bond donors (Lipinski definition) is 1. The lowest BCUT2D eigenvalue weighted by atomic mass is 10.1. The molecule has 0 aliphatic carbocycles. The highest BCUT2D eigenvalue weighted by Gasteiger charge is 2.19. The van der Waals surface area contributed by atoms with Crippen LogP contribution in [-0.2, 0) is 6.42 Å². The largest absolute Gasteiger partial charge is 0.307 e. The number of rotatable bonds is 4. The van der Waals surface area contributed by atoms with Gasteiger partial charge in [-0.05, 0) is 44.5 Å². The summed E-state index contributed by atoms with van der Waals surface area (Å²) in [5.41, 5.74) is 3.71. The van der Waals surface area contributed by atoms with E-state index in [9.17, 15) is 0 Å². The topological polar surface area (TPSA) is 24.9 Å². The number of thiazole rings is 1. The first-order chi connectivity index (χ1) is 9.06. The van der Waals surface area contributed by atoms with Crippen LogP contribution in [0.15, 0.2) is 22.7 Å². The first kappa shape index (κ1) is 14.7. The molecule has 1 aromatic carbocycles. The van der Waals surface area contributed by atoms with Gasteiger partial charge in [-0.25, -0.2) is 4.98 Å². The van der Waals surface area contributed by atoms with E-state index in [4.69, 9.17) is 4.98 Å². The fourth-order valence-corrected chi connectivity index (χ4v) is 4.04. The SMILES string of the molecule is CCc1nc(C(NC)c2ccc(C)cc2Br)sc1C. The van der Waals surface area contributed by atoms with Crippen molar-refractivity contribution in [3.05, 3.63) is 49.4 Å². The van der Waals surface area contributed by atoms with Crippen molar-refractivity contribution in [1.29, 1.82) is 0 Å². The van der Waals surface area contributed by atoms with Gasteiger partial charge in [0.05, 0.1) is 11.7 Å². The maximum atomic E-state index is 4.77. The van der Waals surface area contributed by atoms with Crippen LogP contribution < -0.4 is 5.32 Å². The molecule has 0 bridgehead atoms. The van der Waals surface area contributed by atoms with Gasteiger partial charge in [-0.15, -0.1) is 11.3 Å². The van der Waals surface area contributed by atoms with Crippen molar-refractivity contribution in [3.8, 4) is 0 Å². The Morgan fingerprint density at radius 1 is 1.37 bits per heavy atom. The fraction of sp³-hybridized carbons (Fsp3) is 0.400. The highest BCUT2D eigenvalue weighted by Crippen LogP contribution is 2.32. The molecule has 1 atom stereocenters. The van der Waals surface area contributed by atoms with Crippen LogP contribution in [0.25, 0.3) is 0 Å². The molecule has 0 saturated heterocycles. The molecular formula is C15H19BrN2S. The first-order valence-corrected chi connectivity index (χ1v) is 8.07. The van der Waals surface area contributed by atoms with Gasteiger partial charge in [-0.1, -0.05) is 35.0 Å². The lowest BCUT2D eigenvalue weighted by molar-refractivity contribution is 0.680. The number of nitrogens with zero attached hydrogens (tertiary/aromatic N) is 1. The molecule has 0 fully saturated rings. The van der Waals surface area contributed by atoms with Gasteiger partial charge in [-0.3, -0.25) is 0 Å². The summed E-state index contributed by atoms with van der Waals surface area (Å²) < 4.78 is 1.14. The zero-order valence-electron chi connectivity index (χ0n) is 11.7. The van der Waals surface area contributed by atoms with E-state index in [0.717, 1.165) is 15.9 Å². The van der Waals surface area contributed by atoms with Crippen molar-refractivity contribution in [2.24, 2.45) is 0 Å². The number of hydrogen-bond acceptors (Lipinski definition) is 3. The zero-order chi connectivity index (χ0) is 14.0. The molecule has 1 aromatic heterocycles. The fourth-order valence-electron chi connectivity index (χ4n) is 2.18. The van der Waals surface area contributed by atoms with Crippen LogP contribution in [0.1, 0.15) is 39.7 Å². The Kier molecular flexibility index (Phi) is 4.76. The van der Waals surface area contributed by atoms with Gasteiger partial charge in [0.25, 0.3) is 0 Å². The summed E-state index contributed by atoms with van der Waals surface area (Å²) in [5, 5.41) is 4.52. The van der Waals surface area contributed by atoms with Crippen LogP contribution in [-0.4, -0.2) is 12.0 Å². The Hall–Kier alpha value is -0.710. The molecule has 0 aliphatic heterocycles. The van der Waals surface area contributed by atoms with E-state index in [1.807, 2.05) is 7.05 Å². The Balaban J connectivity index is 2.43. The summed E-state index contributed by atoms with van der Waals surface area (Å²) in [6.45, 7) is 6.41. The molecule has 19 heavy (non-hydrogen) atoms. The van der Waals surface area contributed by atoms with Crippen LogP contribution >= 0.6 is 27.3 Å². The van der Waals surface area contributed by atoms with Crippen LogP contribution in [0.4, 0.5) is 0 Å². The minimum Gasteiger partial charge on any atom is -0.307 e. The Morgan fingerprint density at radius 3 is 2.63 bits per heavy atom. The summed E-state index contributed by atoms with van der Waals surface area (Å²) >= 11 is 5.45. The highest BCUT2D eigenvalue weighted by molar-refractivity contribution is 9.10. The molecule has 2 nitrogen and oxygen atoms in total. The number of halogens is 1. The van der Waals surface area contributed by atoms with E-state index in [2.05, 4.69) is 60.2 Å². The summed E-state index contributed by atoms with van der Waals surface area (Å²) in [6.07, 6.45) is 0.994. The molecule has 1 unspecified atom stereocenters. The number of aryl methyl sites for hydroxylation is 3. The molecule has 102 valence electrons. The predicted octanol–water partition coefficient (Wildman–Crippen LogP) is 4.39. The minimum absolute atomic E-state index is 0.152. The van der Waals surface area contributed by atoms with Crippen LogP contribution in [0.5, 0.6) is 0 Å². The van der Waals surface area contributed by atoms with E-state index in [0.29, 0.717) is 0 Å². The van der Waals surface area contributed by atoms with Gasteiger partial charge in [0.15, 0.2) is 0 Å². The maximum absolute atomic E-state index is 4.77. The smallest absolute Gasteiger partial charge is 0.115 e. The maximum Gasteiger partial charge on any atom is 0.115 e. The molecule has 0 radical (unpaired) electrons. The van der Waals surface area contributed by atoms with Gasteiger partial charge in [0, 0.05) is 9.35 Å². The van der Waals surface area contributed by atoms with Crippen molar-refractivity contribution in [2.45, 2.75) is 33.2 Å². The Labute approximate surface area is 127 Å². The lowest BCUT2D eigenvalue weighted by Crippen LogP contribution is -2.18. The lowest BCUT2D eigenvalue weighted by Gasteiger charge is -2.16. The molecular weight excluding hydrogens is 320 g/mol. The molecule has 1 N–H and O–H groups in total. The van der Waals surface area contributed by atoms with Crippen molar-refractivity contribution in [2.75, 3.05) is 7.05 Å². The van der Waals surface area contributed by atoms with Crippen LogP contribution in [0.2, 0.25) is 0 Å². The van der Waals surface area contributed by atoms with Gasteiger partial charge in [0.1, 0.15) is 5.01 Å². The monoisotopic (exact) mass is 338 g/mol. The summed E-state index contributed by atoms with van der Waals surface area (Å²) in [6, 6.07) is 6.62. The van der Waals surface area contributed by atoms with E-state index >= 15 is 0 Å². The van der Waals surface area contributed by atoms with Gasteiger partial charge < -0.3 is 5.32 Å². The normalized spacial score (nSPS) is 12.7. The molecule has 4 heteroatoms. The zero-order valence-corrected chi connectivity index (χ0v) is 14.2. The molecule has 0 amide bonds. The van der Waals surface area contributed by atoms with Crippen LogP contribution in [0.3, 0.4) is 0 Å². The van der Waals surface area contributed by atoms with Crippen molar-refractivity contribution in [1.82, 2.24) is 10.3 Å². The van der Waals surface area contributed by atoms with Crippen molar-refractivity contribution in [3.63, 3.8) is 0 Å². The molecule has 2 rings (SSSR count). The van der Waals surface area contributed by atoms with Crippen molar-refractivity contribution < 1.29 is 0 Å². The third-order valence-corrected chi connectivity index (χ3v) is 5.01. The van der Waals surface area contributed by atoms with E-state index in [1.54, 1.807) is 11.3 Å². The highest BCUT2D eigenvalue weighted by atomic mass is 79.9. The van der Waals surface area contributed by atoms with E-state index in [1.165, 1.54) is 21.7 Å². The summed E-state index contributed by atoms with van der Waals surface area (Å²) in [4.78, 5) is 6.09. The predicted molar refractivity (Wildman–Crippen MR) is 86.0 cm³/mol. The Morgan fingerprint density at radius 2 is 2.11 bits per heavy atom. The minimum atomic E-state index is 0.152. The quantitative estimate of drug-likeness (QED) is 0.893. The summed E-state index contributed by atoms with van der Waals surface area (Å²) in [7, 11) is 1.99. The number of aromatic nitrogens is 1. The molecule has 0 spiro atoms. The molecule has 0 aliphatic rings. The van der Waals surface area contributed by atoms with Gasteiger partial charge in [-0.2, -0.15) is 0 Å². The van der Waals surface area contributed by atoms with E-state index < -0.39 is 0 Å². The number of benzene rings is 1. The Bertz CT molecular complexity index is 578. The second-order valence-corrected chi connectivity index (χ2v) is 6.74.